The molecule has 0 bridgehead atoms. The maximum absolute atomic E-state index is 11.0. The Morgan fingerprint density at radius 1 is 1.47 bits per heavy atom. The average Bonchev–Trinajstić information content (AvgIpc) is 2.37. The second-order valence-electron chi connectivity index (χ2n) is 4.38. The predicted octanol–water partition coefficient (Wildman–Crippen LogP) is 1.93. The van der Waals surface area contributed by atoms with Gasteiger partial charge in [-0.3, -0.25) is 19.8 Å². The third kappa shape index (κ3) is 4.03. The zero-order chi connectivity index (χ0) is 14.4. The van der Waals surface area contributed by atoms with Gasteiger partial charge in [-0.2, -0.15) is 0 Å². The van der Waals surface area contributed by atoms with E-state index in [1.54, 1.807) is 37.1 Å². The first-order valence-electron chi connectivity index (χ1n) is 6.12. The van der Waals surface area contributed by atoms with Crippen LogP contribution in [0.5, 0.6) is 0 Å². The van der Waals surface area contributed by atoms with Gasteiger partial charge in [-0.1, -0.05) is 25.1 Å². The summed E-state index contributed by atoms with van der Waals surface area (Å²) in [4.78, 5) is 23.2. The molecule has 1 aromatic carbocycles. The van der Waals surface area contributed by atoms with E-state index in [2.05, 4.69) is 0 Å². The van der Waals surface area contributed by atoms with Crippen LogP contribution in [-0.2, 0) is 11.2 Å². The average molecular weight is 266 g/mol. The van der Waals surface area contributed by atoms with Gasteiger partial charge >= 0.3 is 5.97 Å². The highest BCUT2D eigenvalue weighted by Crippen LogP contribution is 2.18. The molecule has 0 saturated carbocycles. The van der Waals surface area contributed by atoms with Crippen molar-refractivity contribution in [2.45, 2.75) is 25.8 Å². The molecule has 0 aliphatic carbocycles. The van der Waals surface area contributed by atoms with Gasteiger partial charge in [0.25, 0.3) is 5.69 Å². The molecule has 0 spiro atoms. The molecular formula is C13H18N2O4. The number of nitro benzene ring substituents is 1. The number of para-hydroxylation sites is 1. The highest BCUT2D eigenvalue weighted by Gasteiger charge is 2.21. The second kappa shape index (κ2) is 6.84. The zero-order valence-electron chi connectivity index (χ0n) is 11.1. The Bertz CT molecular complexity index is 462. The largest absolute Gasteiger partial charge is 0.480 e. The molecule has 19 heavy (non-hydrogen) atoms. The molecule has 0 heterocycles. The number of likely N-dealkylation sites (N-methyl/N-ethyl adjacent to an activating group) is 1. The molecule has 0 radical (unpaired) electrons. The molecule has 0 saturated heterocycles. The third-order valence-corrected chi connectivity index (χ3v) is 3.13. The fourth-order valence-electron chi connectivity index (χ4n) is 2.03. The molecule has 6 nitrogen and oxygen atoms in total. The predicted molar refractivity (Wildman–Crippen MR) is 71.1 cm³/mol. The van der Waals surface area contributed by atoms with Crippen LogP contribution in [0.4, 0.5) is 5.69 Å². The maximum Gasteiger partial charge on any atom is 0.320 e. The minimum Gasteiger partial charge on any atom is -0.480 e. The van der Waals surface area contributed by atoms with Crippen LogP contribution >= 0.6 is 0 Å². The fraction of sp³-hybridized carbons (Fsp3) is 0.462. The van der Waals surface area contributed by atoms with E-state index in [0.717, 1.165) is 0 Å². The first-order valence-corrected chi connectivity index (χ1v) is 6.12. The van der Waals surface area contributed by atoms with Gasteiger partial charge in [0.05, 0.1) is 4.92 Å². The van der Waals surface area contributed by atoms with Crippen LogP contribution in [0.2, 0.25) is 0 Å². The van der Waals surface area contributed by atoms with Crippen LogP contribution in [0.25, 0.3) is 0 Å². The van der Waals surface area contributed by atoms with Gasteiger partial charge < -0.3 is 5.11 Å². The SMILES string of the molecule is CCC(C(=O)O)N(C)CCc1ccccc1[N+](=O)[O-]. The lowest BCUT2D eigenvalue weighted by Gasteiger charge is -2.23. The number of carboxylic acid groups (broad SMARTS) is 1. The van der Waals surface area contributed by atoms with Crippen LogP contribution in [-0.4, -0.2) is 40.5 Å². The lowest BCUT2D eigenvalue weighted by atomic mass is 10.1. The van der Waals surface area contributed by atoms with Crippen LogP contribution in [0.15, 0.2) is 24.3 Å². The number of carboxylic acids is 1. The summed E-state index contributed by atoms with van der Waals surface area (Å²) in [6.07, 6.45) is 0.958. The van der Waals surface area contributed by atoms with Crippen molar-refractivity contribution in [3.63, 3.8) is 0 Å². The molecule has 1 atom stereocenters. The highest BCUT2D eigenvalue weighted by atomic mass is 16.6. The van der Waals surface area contributed by atoms with Gasteiger partial charge in [0.2, 0.25) is 0 Å². The molecule has 0 amide bonds. The molecule has 6 heteroatoms. The van der Waals surface area contributed by atoms with Gasteiger partial charge in [-0.15, -0.1) is 0 Å². The minimum absolute atomic E-state index is 0.0827. The summed E-state index contributed by atoms with van der Waals surface area (Å²) in [7, 11) is 1.72. The Labute approximate surface area is 111 Å². The van der Waals surface area contributed by atoms with E-state index in [1.807, 2.05) is 0 Å². The van der Waals surface area contributed by atoms with E-state index in [-0.39, 0.29) is 5.69 Å². The van der Waals surface area contributed by atoms with Gasteiger partial charge in [-0.25, -0.2) is 0 Å². The normalized spacial score (nSPS) is 12.4. The molecule has 1 aromatic rings. The van der Waals surface area contributed by atoms with Gasteiger partial charge in [0.15, 0.2) is 0 Å². The Hall–Kier alpha value is -1.95. The van der Waals surface area contributed by atoms with Crippen LogP contribution in [0.1, 0.15) is 18.9 Å². The fourth-order valence-corrected chi connectivity index (χ4v) is 2.03. The summed E-state index contributed by atoms with van der Waals surface area (Å²) in [5, 5.41) is 19.9. The van der Waals surface area contributed by atoms with Crippen molar-refractivity contribution in [3.05, 3.63) is 39.9 Å². The van der Waals surface area contributed by atoms with Crippen LogP contribution < -0.4 is 0 Å². The Kier molecular flexibility index (Phi) is 5.44. The number of nitrogens with zero attached hydrogens (tertiary/aromatic N) is 2. The van der Waals surface area contributed by atoms with Crippen molar-refractivity contribution >= 4 is 11.7 Å². The molecule has 104 valence electrons. The Morgan fingerprint density at radius 2 is 2.11 bits per heavy atom. The molecule has 0 fully saturated rings. The lowest BCUT2D eigenvalue weighted by molar-refractivity contribution is -0.385. The Balaban J connectivity index is 2.71. The van der Waals surface area contributed by atoms with E-state index < -0.39 is 16.9 Å². The molecule has 0 aliphatic heterocycles. The Morgan fingerprint density at radius 3 is 2.63 bits per heavy atom. The zero-order valence-corrected chi connectivity index (χ0v) is 11.1. The highest BCUT2D eigenvalue weighted by molar-refractivity contribution is 5.73. The van der Waals surface area contributed by atoms with E-state index in [1.165, 1.54) is 6.07 Å². The summed E-state index contributed by atoms with van der Waals surface area (Å²) in [5.74, 6) is -0.868. The number of carbonyl (C=O) groups is 1. The first-order chi connectivity index (χ1) is 8.97. The van der Waals surface area contributed by atoms with E-state index in [4.69, 9.17) is 5.11 Å². The van der Waals surface area contributed by atoms with Crippen molar-refractivity contribution in [3.8, 4) is 0 Å². The van der Waals surface area contributed by atoms with E-state index in [0.29, 0.717) is 24.9 Å². The number of rotatable bonds is 7. The third-order valence-electron chi connectivity index (χ3n) is 3.13. The summed E-state index contributed by atoms with van der Waals surface area (Å²) >= 11 is 0. The summed E-state index contributed by atoms with van der Waals surface area (Å²) in [6.45, 7) is 2.27. The van der Waals surface area contributed by atoms with Crippen molar-refractivity contribution in [2.24, 2.45) is 0 Å². The smallest absolute Gasteiger partial charge is 0.320 e. The van der Waals surface area contributed by atoms with Crippen molar-refractivity contribution in [1.29, 1.82) is 0 Å². The van der Waals surface area contributed by atoms with Crippen molar-refractivity contribution in [1.82, 2.24) is 4.90 Å². The van der Waals surface area contributed by atoms with Crippen LogP contribution in [0.3, 0.4) is 0 Å². The molecular weight excluding hydrogens is 248 g/mol. The number of hydrogen-bond donors (Lipinski definition) is 1. The number of benzene rings is 1. The standard InChI is InChI=1S/C13H18N2O4/c1-3-11(13(16)17)14(2)9-8-10-6-4-5-7-12(10)15(18)19/h4-7,11H,3,8-9H2,1-2H3,(H,16,17). The number of aliphatic carboxylic acids is 1. The van der Waals surface area contributed by atoms with Crippen LogP contribution in [0, 0.1) is 10.1 Å². The molecule has 0 aromatic heterocycles. The number of hydrogen-bond acceptors (Lipinski definition) is 4. The number of nitro groups is 1. The topological polar surface area (TPSA) is 83.7 Å². The summed E-state index contributed by atoms with van der Waals surface area (Å²) in [5.41, 5.74) is 0.707. The molecule has 0 aliphatic rings. The summed E-state index contributed by atoms with van der Waals surface area (Å²) < 4.78 is 0. The molecule has 1 rings (SSSR count). The van der Waals surface area contributed by atoms with E-state index in [9.17, 15) is 14.9 Å². The van der Waals surface area contributed by atoms with Gasteiger partial charge in [0.1, 0.15) is 6.04 Å². The summed E-state index contributed by atoms with van der Waals surface area (Å²) in [6, 6.07) is 5.98. The lowest BCUT2D eigenvalue weighted by Crippen LogP contribution is -2.39. The second-order valence-corrected chi connectivity index (χ2v) is 4.38. The maximum atomic E-state index is 11.0. The van der Waals surface area contributed by atoms with E-state index >= 15 is 0 Å². The molecule has 1 unspecified atom stereocenters. The first kappa shape index (κ1) is 15.1. The molecule has 1 N–H and O–H groups in total. The monoisotopic (exact) mass is 266 g/mol. The van der Waals surface area contributed by atoms with Crippen molar-refractivity contribution in [2.75, 3.05) is 13.6 Å². The quantitative estimate of drug-likeness (QED) is 0.602. The van der Waals surface area contributed by atoms with Gasteiger partial charge in [0, 0.05) is 18.2 Å². The minimum atomic E-state index is -0.868. The van der Waals surface area contributed by atoms with Crippen molar-refractivity contribution < 1.29 is 14.8 Å². The van der Waals surface area contributed by atoms with Gasteiger partial charge in [-0.05, 0) is 19.9 Å².